The summed E-state index contributed by atoms with van der Waals surface area (Å²) in [4.78, 5) is 4.49. The van der Waals surface area contributed by atoms with Crippen LogP contribution in [0.5, 0.6) is 5.75 Å². The zero-order valence-corrected chi connectivity index (χ0v) is 17.9. The first-order valence-electron chi connectivity index (χ1n) is 9.16. The molecule has 2 rings (SSSR count). The zero-order chi connectivity index (χ0) is 21.3. The van der Waals surface area contributed by atoms with Crippen molar-refractivity contribution in [3.63, 3.8) is 0 Å². The van der Waals surface area contributed by atoms with Crippen LogP contribution in [0.15, 0.2) is 71.1 Å². The number of aliphatic imine (C=N–C) groups is 1. The number of nitrogens with one attached hydrogen (secondary N) is 2. The van der Waals surface area contributed by atoms with Crippen LogP contribution >= 0.6 is 0 Å². The Balaban J connectivity index is 1.94. The average Bonchev–Trinajstić information content (AvgIpc) is 2.73. The van der Waals surface area contributed by atoms with Crippen LogP contribution in [-0.4, -0.2) is 46.4 Å². The molecule has 0 spiro atoms. The predicted molar refractivity (Wildman–Crippen MR) is 116 cm³/mol. The Morgan fingerprint density at radius 1 is 1.10 bits per heavy atom. The highest BCUT2D eigenvalue weighted by Crippen LogP contribution is 2.17. The molecule has 0 heterocycles. The summed E-state index contributed by atoms with van der Waals surface area (Å²) in [5, 5.41) is 6.48. The molecule has 0 saturated heterocycles. The van der Waals surface area contributed by atoms with Crippen molar-refractivity contribution in [1.82, 2.24) is 14.9 Å². The van der Waals surface area contributed by atoms with E-state index in [1.54, 1.807) is 37.4 Å². The summed E-state index contributed by atoms with van der Waals surface area (Å²) in [6.07, 6.45) is 1.71. The fourth-order valence-corrected chi connectivity index (χ4v) is 3.42. The lowest BCUT2D eigenvalue weighted by Gasteiger charge is -2.15. The van der Waals surface area contributed by atoms with Crippen molar-refractivity contribution in [2.75, 3.05) is 27.7 Å². The van der Waals surface area contributed by atoms with Crippen LogP contribution in [0.1, 0.15) is 11.1 Å². The molecule has 0 aliphatic heterocycles. The molecule has 0 aliphatic rings. The fourth-order valence-electron chi connectivity index (χ4n) is 2.51. The van der Waals surface area contributed by atoms with Gasteiger partial charge < -0.3 is 15.4 Å². The maximum absolute atomic E-state index is 12.1. The average molecular weight is 417 g/mol. The number of ether oxygens (including phenoxy) is 1. The number of hydrogen-bond donors (Lipinski definition) is 2. The molecule has 0 aromatic heterocycles. The summed E-state index contributed by atoms with van der Waals surface area (Å²) in [5.74, 6) is 1.43. The van der Waals surface area contributed by atoms with E-state index in [1.165, 1.54) is 18.4 Å². The standard InChI is InChI=1S/C21H28N4O3S/c1-5-14-28-20-9-7-6-8-18(20)16-24-21(22-2)23-15-17-10-12-19(13-11-17)29(26,27)25(3)4/h5-13H,1,14-16H2,2-4H3,(H2,22,23,24). The van der Waals surface area contributed by atoms with Crippen LogP contribution in [0.4, 0.5) is 0 Å². The van der Waals surface area contributed by atoms with Crippen molar-refractivity contribution in [1.29, 1.82) is 0 Å². The van der Waals surface area contributed by atoms with E-state index in [2.05, 4.69) is 22.2 Å². The molecule has 2 N–H and O–H groups in total. The van der Waals surface area contributed by atoms with Gasteiger partial charge in [-0.2, -0.15) is 0 Å². The SMILES string of the molecule is C=CCOc1ccccc1CNC(=NC)NCc1ccc(S(=O)(=O)N(C)C)cc1. The number of para-hydroxylation sites is 1. The van der Waals surface area contributed by atoms with Crippen molar-refractivity contribution in [2.45, 2.75) is 18.0 Å². The van der Waals surface area contributed by atoms with E-state index in [4.69, 9.17) is 4.74 Å². The van der Waals surface area contributed by atoms with E-state index < -0.39 is 10.0 Å². The van der Waals surface area contributed by atoms with Gasteiger partial charge in [-0.15, -0.1) is 0 Å². The lowest BCUT2D eigenvalue weighted by molar-refractivity contribution is 0.358. The van der Waals surface area contributed by atoms with Gasteiger partial charge in [-0.1, -0.05) is 43.0 Å². The van der Waals surface area contributed by atoms with Gasteiger partial charge in [0.05, 0.1) is 4.90 Å². The second-order valence-corrected chi connectivity index (χ2v) is 8.57. The van der Waals surface area contributed by atoms with E-state index in [-0.39, 0.29) is 4.90 Å². The second kappa shape index (κ2) is 10.6. The highest BCUT2D eigenvalue weighted by molar-refractivity contribution is 7.89. The van der Waals surface area contributed by atoms with Gasteiger partial charge in [-0.05, 0) is 23.8 Å². The first-order chi connectivity index (χ1) is 13.9. The third-order valence-electron chi connectivity index (χ3n) is 4.16. The van der Waals surface area contributed by atoms with Crippen molar-refractivity contribution in [3.8, 4) is 5.75 Å². The number of hydrogen-bond acceptors (Lipinski definition) is 4. The number of benzene rings is 2. The molecule has 7 nitrogen and oxygen atoms in total. The smallest absolute Gasteiger partial charge is 0.242 e. The largest absolute Gasteiger partial charge is 0.489 e. The summed E-state index contributed by atoms with van der Waals surface area (Å²) in [7, 11) is 1.31. The highest BCUT2D eigenvalue weighted by atomic mass is 32.2. The van der Waals surface area contributed by atoms with Gasteiger partial charge in [0.15, 0.2) is 5.96 Å². The normalized spacial score (nSPS) is 11.9. The molecular weight excluding hydrogens is 388 g/mol. The van der Waals surface area contributed by atoms with Crippen molar-refractivity contribution < 1.29 is 13.2 Å². The van der Waals surface area contributed by atoms with Gasteiger partial charge in [0.2, 0.25) is 10.0 Å². The summed E-state index contributed by atoms with van der Waals surface area (Å²) < 4.78 is 31.1. The molecule has 0 radical (unpaired) electrons. The van der Waals surface area contributed by atoms with Crippen molar-refractivity contribution >= 4 is 16.0 Å². The number of guanidine groups is 1. The van der Waals surface area contributed by atoms with Crippen LogP contribution in [0.25, 0.3) is 0 Å². The second-order valence-electron chi connectivity index (χ2n) is 6.42. The van der Waals surface area contributed by atoms with Crippen LogP contribution in [0.3, 0.4) is 0 Å². The highest BCUT2D eigenvalue weighted by Gasteiger charge is 2.16. The molecule has 156 valence electrons. The molecule has 0 fully saturated rings. The lowest BCUT2D eigenvalue weighted by atomic mass is 10.2. The summed E-state index contributed by atoms with van der Waals surface area (Å²) in [6.45, 7) is 5.17. The molecule has 0 bridgehead atoms. The van der Waals surface area contributed by atoms with Gasteiger partial charge in [-0.3, -0.25) is 4.99 Å². The quantitative estimate of drug-likeness (QED) is 0.373. The Bertz CT molecular complexity index is 939. The lowest BCUT2D eigenvalue weighted by Crippen LogP contribution is -2.36. The van der Waals surface area contributed by atoms with Crippen LogP contribution in [-0.2, 0) is 23.1 Å². The fraction of sp³-hybridized carbons (Fsp3) is 0.286. The maximum Gasteiger partial charge on any atom is 0.242 e. The molecule has 29 heavy (non-hydrogen) atoms. The summed E-state index contributed by atoms with van der Waals surface area (Å²) >= 11 is 0. The Labute approximate surface area is 173 Å². The molecule has 0 atom stereocenters. The van der Waals surface area contributed by atoms with Gasteiger partial charge in [0.25, 0.3) is 0 Å². The van der Waals surface area contributed by atoms with Crippen LogP contribution in [0, 0.1) is 0 Å². The summed E-state index contributed by atoms with van der Waals surface area (Å²) in [6, 6.07) is 14.6. The third-order valence-corrected chi connectivity index (χ3v) is 5.99. The summed E-state index contributed by atoms with van der Waals surface area (Å²) in [5.41, 5.74) is 1.95. The molecular formula is C21H28N4O3S. The first-order valence-corrected chi connectivity index (χ1v) is 10.6. The zero-order valence-electron chi connectivity index (χ0n) is 17.1. The van der Waals surface area contributed by atoms with E-state index in [1.807, 2.05) is 24.3 Å². The van der Waals surface area contributed by atoms with E-state index in [0.29, 0.717) is 25.7 Å². The van der Waals surface area contributed by atoms with Gasteiger partial charge in [0.1, 0.15) is 12.4 Å². The minimum atomic E-state index is -3.42. The van der Waals surface area contributed by atoms with Gasteiger partial charge in [-0.25, -0.2) is 12.7 Å². The molecule has 0 aliphatic carbocycles. The molecule has 0 saturated carbocycles. The van der Waals surface area contributed by atoms with Gasteiger partial charge in [0, 0.05) is 39.8 Å². The number of sulfonamides is 1. The molecule has 8 heteroatoms. The van der Waals surface area contributed by atoms with E-state index >= 15 is 0 Å². The number of rotatable bonds is 9. The molecule has 2 aromatic carbocycles. The Morgan fingerprint density at radius 3 is 2.38 bits per heavy atom. The predicted octanol–water partition coefficient (Wildman–Crippen LogP) is 2.37. The molecule has 2 aromatic rings. The van der Waals surface area contributed by atoms with Crippen molar-refractivity contribution in [3.05, 3.63) is 72.3 Å². The van der Waals surface area contributed by atoms with Crippen LogP contribution < -0.4 is 15.4 Å². The Hall–Kier alpha value is -2.84. The number of nitrogens with zero attached hydrogens (tertiary/aromatic N) is 2. The van der Waals surface area contributed by atoms with Gasteiger partial charge >= 0.3 is 0 Å². The molecule has 0 amide bonds. The topological polar surface area (TPSA) is 83.0 Å². The minimum absolute atomic E-state index is 0.268. The monoisotopic (exact) mass is 416 g/mol. The van der Waals surface area contributed by atoms with E-state index in [9.17, 15) is 8.42 Å². The Kier molecular flexibility index (Phi) is 8.23. The van der Waals surface area contributed by atoms with E-state index in [0.717, 1.165) is 16.9 Å². The van der Waals surface area contributed by atoms with Crippen molar-refractivity contribution in [2.24, 2.45) is 4.99 Å². The molecule has 0 unspecified atom stereocenters. The van der Waals surface area contributed by atoms with Crippen LogP contribution in [0.2, 0.25) is 0 Å². The first kappa shape index (κ1) is 22.4. The minimum Gasteiger partial charge on any atom is -0.489 e. The maximum atomic E-state index is 12.1. The third kappa shape index (κ3) is 6.33. The Morgan fingerprint density at radius 2 is 1.76 bits per heavy atom.